The van der Waals surface area contributed by atoms with Gasteiger partial charge < -0.3 is 10.6 Å². The highest BCUT2D eigenvalue weighted by Crippen LogP contribution is 2.22. The lowest BCUT2D eigenvalue weighted by molar-refractivity contribution is -0.132. The zero-order valence-electron chi connectivity index (χ0n) is 12.5. The Hall–Kier alpha value is -1.39. The number of carbonyl (C=O) groups is 1. The van der Waals surface area contributed by atoms with Gasteiger partial charge in [0.25, 0.3) is 0 Å². The van der Waals surface area contributed by atoms with Gasteiger partial charge in [0.15, 0.2) is 0 Å². The number of hydrogen-bond acceptors (Lipinski definition) is 3. The third-order valence-electron chi connectivity index (χ3n) is 4.26. The Morgan fingerprint density at radius 3 is 2.70 bits per heavy atom. The molecule has 2 atom stereocenters. The minimum absolute atomic E-state index is 0.0401. The van der Waals surface area contributed by atoms with Gasteiger partial charge >= 0.3 is 0 Å². The van der Waals surface area contributed by atoms with E-state index in [0.29, 0.717) is 12.0 Å². The number of likely N-dealkylation sites (tertiary alicyclic amines) is 1. The highest BCUT2D eigenvalue weighted by Gasteiger charge is 2.30. The third-order valence-corrected chi connectivity index (χ3v) is 4.26. The van der Waals surface area contributed by atoms with Crippen LogP contribution in [0.3, 0.4) is 0 Å². The van der Waals surface area contributed by atoms with Crippen molar-refractivity contribution in [2.24, 2.45) is 11.7 Å². The topological polar surface area (TPSA) is 49.6 Å². The molecule has 1 fully saturated rings. The van der Waals surface area contributed by atoms with E-state index in [-0.39, 0.29) is 12.5 Å². The second-order valence-electron chi connectivity index (χ2n) is 5.76. The maximum atomic E-state index is 11.7. The van der Waals surface area contributed by atoms with Gasteiger partial charge in [-0.05, 0) is 17.9 Å². The molecule has 0 aliphatic carbocycles. The molecule has 1 heterocycles. The molecule has 0 radical (unpaired) electrons. The summed E-state index contributed by atoms with van der Waals surface area (Å²) in [6.45, 7) is 5.38. The van der Waals surface area contributed by atoms with Crippen molar-refractivity contribution < 1.29 is 4.79 Å². The standard InChI is InChI=1S/C16H25N3O/c1-13-11-19(12-14-6-4-3-5-7-14)9-8-15(13)18(2)16(20)10-17/h3-7,13,15H,8-12,17H2,1-2H3/t13-,15+/m0/s1. The molecule has 4 heteroatoms. The minimum atomic E-state index is 0.0401. The first kappa shape index (κ1) is 15.0. The van der Waals surface area contributed by atoms with Crippen LogP contribution in [0.4, 0.5) is 0 Å². The first-order valence-electron chi connectivity index (χ1n) is 7.34. The molecule has 1 aromatic rings. The van der Waals surface area contributed by atoms with E-state index in [1.54, 1.807) is 0 Å². The van der Waals surface area contributed by atoms with Gasteiger partial charge in [0.2, 0.25) is 5.91 Å². The van der Waals surface area contributed by atoms with Crippen LogP contribution in [0.25, 0.3) is 0 Å². The van der Waals surface area contributed by atoms with Gasteiger partial charge in [0, 0.05) is 32.7 Å². The fraction of sp³-hybridized carbons (Fsp3) is 0.562. The largest absolute Gasteiger partial charge is 0.341 e. The zero-order valence-corrected chi connectivity index (χ0v) is 12.5. The van der Waals surface area contributed by atoms with E-state index in [1.807, 2.05) is 18.0 Å². The number of amides is 1. The van der Waals surface area contributed by atoms with E-state index in [9.17, 15) is 4.79 Å². The summed E-state index contributed by atoms with van der Waals surface area (Å²) in [7, 11) is 1.88. The molecule has 0 unspecified atom stereocenters. The molecule has 0 spiro atoms. The molecule has 0 saturated carbocycles. The van der Waals surface area contributed by atoms with Crippen molar-refractivity contribution in [3.63, 3.8) is 0 Å². The number of carbonyl (C=O) groups excluding carboxylic acids is 1. The Balaban J connectivity index is 1.90. The van der Waals surface area contributed by atoms with Gasteiger partial charge in [0.1, 0.15) is 0 Å². The van der Waals surface area contributed by atoms with Crippen LogP contribution in [0.2, 0.25) is 0 Å². The van der Waals surface area contributed by atoms with E-state index in [0.717, 1.165) is 26.1 Å². The molecule has 4 nitrogen and oxygen atoms in total. The zero-order chi connectivity index (χ0) is 14.5. The lowest BCUT2D eigenvalue weighted by atomic mass is 9.92. The minimum Gasteiger partial charge on any atom is -0.341 e. The van der Waals surface area contributed by atoms with Gasteiger partial charge in [0.05, 0.1) is 6.54 Å². The van der Waals surface area contributed by atoms with Crippen LogP contribution < -0.4 is 5.73 Å². The Bertz CT molecular complexity index is 435. The van der Waals surface area contributed by atoms with Crippen LogP contribution in [-0.2, 0) is 11.3 Å². The maximum Gasteiger partial charge on any atom is 0.236 e. The highest BCUT2D eigenvalue weighted by molar-refractivity contribution is 5.78. The molecule has 2 rings (SSSR count). The van der Waals surface area contributed by atoms with Gasteiger partial charge in [-0.1, -0.05) is 37.3 Å². The number of benzene rings is 1. The van der Waals surface area contributed by atoms with Crippen LogP contribution in [0.5, 0.6) is 0 Å². The quantitative estimate of drug-likeness (QED) is 0.901. The van der Waals surface area contributed by atoms with Crippen molar-refractivity contribution >= 4 is 5.91 Å². The summed E-state index contributed by atoms with van der Waals surface area (Å²) in [6.07, 6.45) is 1.02. The van der Waals surface area contributed by atoms with Crippen LogP contribution in [0.15, 0.2) is 30.3 Å². The highest BCUT2D eigenvalue weighted by atomic mass is 16.2. The van der Waals surface area contributed by atoms with Crippen molar-refractivity contribution in [3.8, 4) is 0 Å². The molecule has 1 saturated heterocycles. The van der Waals surface area contributed by atoms with Crippen LogP contribution in [0, 0.1) is 5.92 Å². The number of nitrogens with two attached hydrogens (primary N) is 1. The summed E-state index contributed by atoms with van der Waals surface area (Å²) in [5.74, 6) is 0.520. The number of hydrogen-bond donors (Lipinski definition) is 1. The van der Waals surface area contributed by atoms with E-state index in [2.05, 4.69) is 36.1 Å². The third kappa shape index (κ3) is 3.58. The predicted octanol–water partition coefficient (Wildman–Crippen LogP) is 1.31. The van der Waals surface area contributed by atoms with Crippen molar-refractivity contribution in [1.29, 1.82) is 0 Å². The summed E-state index contributed by atoms with van der Waals surface area (Å²) < 4.78 is 0. The molecular weight excluding hydrogens is 250 g/mol. The van der Waals surface area contributed by atoms with Crippen molar-refractivity contribution in [2.45, 2.75) is 25.9 Å². The van der Waals surface area contributed by atoms with Gasteiger partial charge in [-0.2, -0.15) is 0 Å². The van der Waals surface area contributed by atoms with Crippen LogP contribution in [0.1, 0.15) is 18.9 Å². The van der Waals surface area contributed by atoms with Crippen molar-refractivity contribution in [2.75, 3.05) is 26.7 Å². The first-order valence-corrected chi connectivity index (χ1v) is 7.34. The number of likely N-dealkylation sites (N-methyl/N-ethyl adjacent to an activating group) is 1. The second kappa shape index (κ2) is 6.86. The average molecular weight is 275 g/mol. The fourth-order valence-electron chi connectivity index (χ4n) is 3.11. The normalized spacial score (nSPS) is 23.6. The van der Waals surface area contributed by atoms with Crippen molar-refractivity contribution in [3.05, 3.63) is 35.9 Å². The molecule has 1 aliphatic rings. The Morgan fingerprint density at radius 1 is 1.40 bits per heavy atom. The molecule has 0 bridgehead atoms. The smallest absolute Gasteiger partial charge is 0.236 e. The molecule has 0 aromatic heterocycles. The predicted molar refractivity (Wildman–Crippen MR) is 81.1 cm³/mol. The SMILES string of the molecule is C[C@H]1CN(Cc2ccccc2)CC[C@H]1N(C)C(=O)CN. The second-order valence-corrected chi connectivity index (χ2v) is 5.76. The van der Waals surface area contributed by atoms with Crippen LogP contribution >= 0.6 is 0 Å². The summed E-state index contributed by atoms with van der Waals surface area (Å²) in [6, 6.07) is 10.9. The number of piperidine rings is 1. The van der Waals surface area contributed by atoms with E-state index < -0.39 is 0 Å². The van der Waals surface area contributed by atoms with Gasteiger partial charge in [-0.15, -0.1) is 0 Å². The summed E-state index contributed by atoms with van der Waals surface area (Å²) in [5.41, 5.74) is 6.80. The molecular formula is C16H25N3O. The monoisotopic (exact) mass is 275 g/mol. The van der Waals surface area contributed by atoms with E-state index in [1.165, 1.54) is 5.56 Å². The Labute approximate surface area is 121 Å². The summed E-state index contributed by atoms with van der Waals surface area (Å²) >= 11 is 0. The molecule has 110 valence electrons. The fourth-order valence-corrected chi connectivity index (χ4v) is 3.11. The van der Waals surface area contributed by atoms with Crippen molar-refractivity contribution in [1.82, 2.24) is 9.80 Å². The Kier molecular flexibility index (Phi) is 5.15. The first-order chi connectivity index (χ1) is 9.61. The number of rotatable bonds is 4. The van der Waals surface area contributed by atoms with Crippen LogP contribution in [-0.4, -0.2) is 48.4 Å². The van der Waals surface area contributed by atoms with E-state index in [4.69, 9.17) is 5.73 Å². The Morgan fingerprint density at radius 2 is 2.10 bits per heavy atom. The molecule has 1 amide bonds. The molecule has 20 heavy (non-hydrogen) atoms. The van der Waals surface area contributed by atoms with E-state index >= 15 is 0 Å². The summed E-state index contributed by atoms with van der Waals surface area (Å²) in [5, 5.41) is 0. The molecule has 2 N–H and O–H groups in total. The summed E-state index contributed by atoms with van der Waals surface area (Å²) in [4.78, 5) is 16.0. The van der Waals surface area contributed by atoms with Gasteiger partial charge in [-0.25, -0.2) is 0 Å². The lowest BCUT2D eigenvalue weighted by Gasteiger charge is -2.41. The lowest BCUT2D eigenvalue weighted by Crippen LogP contribution is -2.51. The molecule has 1 aromatic carbocycles. The van der Waals surface area contributed by atoms with Gasteiger partial charge in [-0.3, -0.25) is 9.69 Å². The number of nitrogens with zero attached hydrogens (tertiary/aromatic N) is 2. The maximum absolute atomic E-state index is 11.7. The molecule has 1 aliphatic heterocycles. The average Bonchev–Trinajstić information content (AvgIpc) is 2.47.